The lowest BCUT2D eigenvalue weighted by molar-refractivity contribution is -0.143. The maximum Gasteiger partial charge on any atom is 0.326 e. The molecule has 0 unspecified atom stereocenters. The fourth-order valence-corrected chi connectivity index (χ4v) is 1.39. The summed E-state index contributed by atoms with van der Waals surface area (Å²) in [5.74, 6) is -1.49. The molecule has 0 saturated carbocycles. The molecular weight excluding hydrogens is 208 g/mol. The molecule has 4 N–H and O–H groups in total. The quantitative estimate of drug-likeness (QED) is 0.601. The number of rotatable bonds is 7. The molecule has 0 aliphatic heterocycles. The Kier molecular flexibility index (Phi) is 6.72. The smallest absolute Gasteiger partial charge is 0.326 e. The van der Waals surface area contributed by atoms with Gasteiger partial charge in [0.25, 0.3) is 0 Å². The topological polar surface area (TPSA) is 92.4 Å². The first-order valence-corrected chi connectivity index (χ1v) is 5.72. The zero-order chi connectivity index (χ0) is 12.7. The molecule has 0 rings (SSSR count). The molecule has 5 nitrogen and oxygen atoms in total. The normalized spacial score (nSPS) is 16.2. The van der Waals surface area contributed by atoms with Gasteiger partial charge < -0.3 is 16.2 Å². The first-order chi connectivity index (χ1) is 7.43. The number of carbonyl (C=O) groups excluding carboxylic acids is 1. The molecule has 0 aromatic rings. The van der Waals surface area contributed by atoms with E-state index < -0.39 is 18.1 Å². The minimum Gasteiger partial charge on any atom is -0.480 e. The maximum atomic E-state index is 11.6. The third kappa shape index (κ3) is 4.61. The second-order valence-corrected chi connectivity index (χ2v) is 4.11. The Balaban J connectivity index is 4.40. The number of aliphatic carboxylic acids is 1. The fourth-order valence-electron chi connectivity index (χ4n) is 1.39. The average molecular weight is 230 g/mol. The minimum atomic E-state index is -1.01. The van der Waals surface area contributed by atoms with Crippen LogP contribution in [0.2, 0.25) is 0 Å². The van der Waals surface area contributed by atoms with Crippen LogP contribution in [0.3, 0.4) is 0 Å². The number of hydrogen-bond donors (Lipinski definition) is 3. The van der Waals surface area contributed by atoms with Crippen LogP contribution in [0, 0.1) is 5.92 Å². The molecule has 0 heterocycles. The Labute approximate surface area is 96.4 Å². The van der Waals surface area contributed by atoms with Gasteiger partial charge in [0.1, 0.15) is 6.04 Å². The lowest BCUT2D eigenvalue weighted by Gasteiger charge is -2.22. The second-order valence-electron chi connectivity index (χ2n) is 4.11. The van der Waals surface area contributed by atoms with Crippen molar-refractivity contribution in [2.75, 3.05) is 0 Å². The first-order valence-electron chi connectivity index (χ1n) is 5.72. The van der Waals surface area contributed by atoms with Gasteiger partial charge in [-0.25, -0.2) is 4.79 Å². The number of nitrogens with one attached hydrogen (secondary N) is 1. The lowest BCUT2D eigenvalue weighted by Crippen LogP contribution is -2.50. The molecule has 0 radical (unpaired) electrons. The molecule has 0 spiro atoms. The monoisotopic (exact) mass is 230 g/mol. The largest absolute Gasteiger partial charge is 0.480 e. The van der Waals surface area contributed by atoms with Crippen LogP contribution in [0.25, 0.3) is 0 Å². The summed E-state index contributed by atoms with van der Waals surface area (Å²) in [6.45, 7) is 5.61. The number of hydrogen-bond acceptors (Lipinski definition) is 3. The van der Waals surface area contributed by atoms with Crippen molar-refractivity contribution in [2.45, 2.75) is 52.1 Å². The van der Waals surface area contributed by atoms with Crippen molar-refractivity contribution in [1.29, 1.82) is 0 Å². The summed E-state index contributed by atoms with van der Waals surface area (Å²) in [4.78, 5) is 22.5. The van der Waals surface area contributed by atoms with Crippen molar-refractivity contribution in [3.8, 4) is 0 Å². The number of carboxylic acid groups (broad SMARTS) is 1. The van der Waals surface area contributed by atoms with E-state index in [2.05, 4.69) is 5.32 Å². The number of amides is 1. The Hall–Kier alpha value is -1.10. The van der Waals surface area contributed by atoms with Gasteiger partial charge in [-0.1, -0.05) is 33.6 Å². The second kappa shape index (κ2) is 7.22. The standard InChI is InChI=1S/C11H22N2O3/c1-4-6-8(12)10(14)13-9(11(15)16)7(3)5-2/h7-9H,4-6,12H2,1-3H3,(H,13,14)(H,15,16)/t7-,8+,9-/m1/s1. The van der Waals surface area contributed by atoms with Crippen molar-refractivity contribution in [2.24, 2.45) is 11.7 Å². The SMILES string of the molecule is CCC[C@H](N)C(=O)N[C@@H](C(=O)O)[C@H](C)CC. The summed E-state index contributed by atoms with van der Waals surface area (Å²) >= 11 is 0. The maximum absolute atomic E-state index is 11.6. The Morgan fingerprint density at radius 3 is 2.31 bits per heavy atom. The van der Waals surface area contributed by atoms with Gasteiger partial charge >= 0.3 is 5.97 Å². The number of nitrogens with two attached hydrogens (primary N) is 1. The molecule has 16 heavy (non-hydrogen) atoms. The van der Waals surface area contributed by atoms with E-state index in [0.29, 0.717) is 12.8 Å². The van der Waals surface area contributed by atoms with Crippen LogP contribution in [0.1, 0.15) is 40.0 Å². The van der Waals surface area contributed by atoms with E-state index in [1.54, 1.807) is 6.92 Å². The summed E-state index contributed by atoms with van der Waals surface area (Å²) < 4.78 is 0. The van der Waals surface area contributed by atoms with Crippen molar-refractivity contribution in [3.63, 3.8) is 0 Å². The zero-order valence-electron chi connectivity index (χ0n) is 10.2. The highest BCUT2D eigenvalue weighted by molar-refractivity contribution is 5.86. The van der Waals surface area contributed by atoms with E-state index in [1.165, 1.54) is 0 Å². The van der Waals surface area contributed by atoms with E-state index in [-0.39, 0.29) is 11.8 Å². The van der Waals surface area contributed by atoms with Gasteiger partial charge in [-0.3, -0.25) is 4.79 Å². The molecule has 0 fully saturated rings. The van der Waals surface area contributed by atoms with E-state index in [9.17, 15) is 9.59 Å². The Morgan fingerprint density at radius 2 is 1.94 bits per heavy atom. The van der Waals surface area contributed by atoms with Gasteiger partial charge in [0.05, 0.1) is 6.04 Å². The van der Waals surface area contributed by atoms with Crippen molar-refractivity contribution < 1.29 is 14.7 Å². The Bertz CT molecular complexity index is 243. The van der Waals surface area contributed by atoms with E-state index >= 15 is 0 Å². The molecule has 0 aromatic carbocycles. The van der Waals surface area contributed by atoms with Crippen LogP contribution in [-0.2, 0) is 9.59 Å². The predicted molar refractivity (Wildman–Crippen MR) is 61.9 cm³/mol. The molecular formula is C11H22N2O3. The molecule has 0 bridgehead atoms. The van der Waals surface area contributed by atoms with Gasteiger partial charge in [0.15, 0.2) is 0 Å². The van der Waals surface area contributed by atoms with Crippen LogP contribution in [0.4, 0.5) is 0 Å². The van der Waals surface area contributed by atoms with E-state index in [0.717, 1.165) is 6.42 Å². The molecule has 0 aliphatic carbocycles. The predicted octanol–water partition coefficient (Wildman–Crippen LogP) is 0.729. The van der Waals surface area contributed by atoms with Crippen molar-refractivity contribution in [1.82, 2.24) is 5.32 Å². The van der Waals surface area contributed by atoms with Gasteiger partial charge in [-0.05, 0) is 12.3 Å². The molecule has 0 saturated heterocycles. The first kappa shape index (κ1) is 14.9. The zero-order valence-corrected chi connectivity index (χ0v) is 10.2. The molecule has 1 amide bonds. The van der Waals surface area contributed by atoms with E-state index in [4.69, 9.17) is 10.8 Å². The summed E-state index contributed by atoms with van der Waals surface area (Å²) in [7, 11) is 0. The fraction of sp³-hybridized carbons (Fsp3) is 0.818. The lowest BCUT2D eigenvalue weighted by atomic mass is 9.98. The van der Waals surface area contributed by atoms with Gasteiger partial charge in [0.2, 0.25) is 5.91 Å². The van der Waals surface area contributed by atoms with Crippen LogP contribution < -0.4 is 11.1 Å². The highest BCUT2D eigenvalue weighted by Crippen LogP contribution is 2.08. The van der Waals surface area contributed by atoms with E-state index in [1.807, 2.05) is 13.8 Å². The number of carbonyl (C=O) groups is 2. The summed E-state index contributed by atoms with van der Waals surface area (Å²) in [5.41, 5.74) is 5.61. The van der Waals surface area contributed by atoms with Crippen molar-refractivity contribution >= 4 is 11.9 Å². The van der Waals surface area contributed by atoms with Gasteiger partial charge in [-0.2, -0.15) is 0 Å². The molecule has 0 aliphatic rings. The molecule has 5 heteroatoms. The third-order valence-electron chi connectivity index (χ3n) is 2.71. The highest BCUT2D eigenvalue weighted by Gasteiger charge is 2.26. The summed E-state index contributed by atoms with van der Waals surface area (Å²) in [6.07, 6.45) is 2.06. The average Bonchev–Trinajstić information content (AvgIpc) is 2.24. The molecule has 0 aromatic heterocycles. The van der Waals surface area contributed by atoms with Crippen LogP contribution in [-0.4, -0.2) is 29.1 Å². The molecule has 94 valence electrons. The van der Waals surface area contributed by atoms with Crippen molar-refractivity contribution in [3.05, 3.63) is 0 Å². The van der Waals surface area contributed by atoms with Gasteiger partial charge in [0, 0.05) is 0 Å². The Morgan fingerprint density at radius 1 is 1.38 bits per heavy atom. The summed E-state index contributed by atoms with van der Waals surface area (Å²) in [6, 6.07) is -1.46. The van der Waals surface area contributed by atoms with Gasteiger partial charge in [-0.15, -0.1) is 0 Å². The van der Waals surface area contributed by atoms with Crippen LogP contribution in [0.15, 0.2) is 0 Å². The third-order valence-corrected chi connectivity index (χ3v) is 2.71. The number of carboxylic acids is 1. The highest BCUT2D eigenvalue weighted by atomic mass is 16.4. The minimum absolute atomic E-state index is 0.102. The van der Waals surface area contributed by atoms with Crippen LogP contribution >= 0.6 is 0 Å². The molecule has 3 atom stereocenters. The van der Waals surface area contributed by atoms with Crippen LogP contribution in [0.5, 0.6) is 0 Å². The summed E-state index contributed by atoms with van der Waals surface area (Å²) in [5, 5.41) is 11.5.